The van der Waals surface area contributed by atoms with Crippen LogP contribution in [0.1, 0.15) is 5.56 Å². The van der Waals surface area contributed by atoms with Crippen molar-refractivity contribution in [2.45, 2.75) is 6.54 Å². The van der Waals surface area contributed by atoms with Crippen LogP contribution in [0.4, 0.5) is 0 Å². The Morgan fingerprint density at radius 3 is 2.65 bits per heavy atom. The number of hydrogen-bond acceptors (Lipinski definition) is 4. The summed E-state index contributed by atoms with van der Waals surface area (Å²) in [6.07, 6.45) is 0. The zero-order valence-corrected chi connectivity index (χ0v) is 10.3. The molecular formula is C13H19NO3. The molecule has 1 saturated heterocycles. The Labute approximate surface area is 102 Å². The summed E-state index contributed by atoms with van der Waals surface area (Å²) in [6.45, 7) is 3.08. The monoisotopic (exact) mass is 237 g/mol. The summed E-state index contributed by atoms with van der Waals surface area (Å²) in [5.74, 6) is 2.11. The molecule has 4 heteroatoms. The molecule has 0 radical (unpaired) electrons. The van der Waals surface area contributed by atoms with Crippen LogP contribution in [0.3, 0.4) is 0 Å². The standard InChI is InChI=1S/C13H19NO3/c1-16-12-4-3-11(13(5-12)17-2)8-14-6-10(7-14)9-15/h3-5,10,15H,6-9H2,1-2H3. The predicted octanol–water partition coefficient (Wildman–Crippen LogP) is 1.13. The molecule has 0 aliphatic carbocycles. The first-order valence-electron chi connectivity index (χ1n) is 5.81. The number of benzene rings is 1. The van der Waals surface area contributed by atoms with Gasteiger partial charge >= 0.3 is 0 Å². The van der Waals surface area contributed by atoms with Gasteiger partial charge in [0.05, 0.1) is 14.2 Å². The van der Waals surface area contributed by atoms with Crippen LogP contribution in [0.2, 0.25) is 0 Å². The zero-order valence-electron chi connectivity index (χ0n) is 10.3. The second kappa shape index (κ2) is 5.38. The highest BCUT2D eigenvalue weighted by Gasteiger charge is 2.26. The molecule has 1 fully saturated rings. The van der Waals surface area contributed by atoms with Gasteiger partial charge in [0, 0.05) is 43.8 Å². The molecule has 1 N–H and O–H groups in total. The van der Waals surface area contributed by atoms with Crippen LogP contribution in [0.15, 0.2) is 18.2 Å². The Bertz CT molecular complexity index is 375. The Morgan fingerprint density at radius 1 is 1.29 bits per heavy atom. The van der Waals surface area contributed by atoms with Crippen molar-refractivity contribution in [3.8, 4) is 11.5 Å². The molecule has 0 bridgehead atoms. The van der Waals surface area contributed by atoms with Gasteiger partial charge in [0.15, 0.2) is 0 Å². The fourth-order valence-corrected chi connectivity index (χ4v) is 2.14. The largest absolute Gasteiger partial charge is 0.497 e. The molecule has 94 valence electrons. The Kier molecular flexibility index (Phi) is 3.86. The number of hydrogen-bond donors (Lipinski definition) is 1. The maximum atomic E-state index is 8.97. The molecule has 0 unspecified atom stereocenters. The van der Waals surface area contributed by atoms with Gasteiger partial charge in [-0.15, -0.1) is 0 Å². The summed E-state index contributed by atoms with van der Waals surface area (Å²) < 4.78 is 10.5. The second-order valence-electron chi connectivity index (χ2n) is 4.42. The van der Waals surface area contributed by atoms with Gasteiger partial charge < -0.3 is 14.6 Å². The van der Waals surface area contributed by atoms with E-state index in [1.54, 1.807) is 14.2 Å². The van der Waals surface area contributed by atoms with Gasteiger partial charge in [0.25, 0.3) is 0 Å². The third-order valence-electron chi connectivity index (χ3n) is 3.18. The van der Waals surface area contributed by atoms with Gasteiger partial charge in [0.2, 0.25) is 0 Å². The molecule has 0 amide bonds. The van der Waals surface area contributed by atoms with Crippen LogP contribution >= 0.6 is 0 Å². The van der Waals surface area contributed by atoms with Gasteiger partial charge in [-0.25, -0.2) is 0 Å². The fourth-order valence-electron chi connectivity index (χ4n) is 2.14. The molecule has 1 heterocycles. The van der Waals surface area contributed by atoms with Crippen LogP contribution in [-0.4, -0.2) is 43.9 Å². The molecule has 1 aliphatic heterocycles. The summed E-state index contributed by atoms with van der Waals surface area (Å²) in [6, 6.07) is 5.88. The number of ether oxygens (including phenoxy) is 2. The van der Waals surface area contributed by atoms with E-state index in [4.69, 9.17) is 14.6 Å². The van der Waals surface area contributed by atoms with Crippen LogP contribution in [-0.2, 0) is 6.54 Å². The Morgan fingerprint density at radius 2 is 2.06 bits per heavy atom. The molecule has 1 aromatic carbocycles. The highest BCUT2D eigenvalue weighted by atomic mass is 16.5. The average Bonchev–Trinajstić information content (AvgIpc) is 2.33. The smallest absolute Gasteiger partial charge is 0.127 e. The molecule has 0 saturated carbocycles. The van der Waals surface area contributed by atoms with E-state index in [9.17, 15) is 0 Å². The molecule has 4 nitrogen and oxygen atoms in total. The number of aliphatic hydroxyl groups is 1. The van der Waals surface area contributed by atoms with E-state index in [0.717, 1.165) is 36.7 Å². The first-order chi connectivity index (χ1) is 8.26. The van der Waals surface area contributed by atoms with Crippen LogP contribution < -0.4 is 9.47 Å². The predicted molar refractivity (Wildman–Crippen MR) is 65.4 cm³/mol. The quantitative estimate of drug-likeness (QED) is 0.833. The lowest BCUT2D eigenvalue weighted by molar-refractivity contribution is 0.0474. The molecule has 0 spiro atoms. The van der Waals surface area contributed by atoms with Crippen molar-refractivity contribution in [3.05, 3.63) is 23.8 Å². The minimum atomic E-state index is 0.288. The van der Waals surface area contributed by atoms with E-state index >= 15 is 0 Å². The maximum absolute atomic E-state index is 8.97. The van der Waals surface area contributed by atoms with Crippen molar-refractivity contribution in [3.63, 3.8) is 0 Å². The van der Waals surface area contributed by atoms with Crippen molar-refractivity contribution in [1.82, 2.24) is 4.90 Å². The van der Waals surface area contributed by atoms with Gasteiger partial charge in [-0.3, -0.25) is 4.90 Å². The van der Waals surface area contributed by atoms with Crippen molar-refractivity contribution >= 4 is 0 Å². The molecule has 0 aromatic heterocycles. The second-order valence-corrected chi connectivity index (χ2v) is 4.42. The molecule has 2 rings (SSSR count). The normalized spacial score (nSPS) is 16.6. The highest BCUT2D eigenvalue weighted by molar-refractivity contribution is 5.40. The lowest BCUT2D eigenvalue weighted by atomic mass is 10.0. The average molecular weight is 237 g/mol. The van der Waals surface area contributed by atoms with E-state index in [-0.39, 0.29) is 6.61 Å². The maximum Gasteiger partial charge on any atom is 0.127 e. The first kappa shape index (κ1) is 12.2. The summed E-state index contributed by atoms with van der Waals surface area (Å²) in [4.78, 5) is 2.30. The van der Waals surface area contributed by atoms with E-state index in [2.05, 4.69) is 4.90 Å². The first-order valence-corrected chi connectivity index (χ1v) is 5.81. The van der Waals surface area contributed by atoms with E-state index in [0.29, 0.717) is 5.92 Å². The summed E-state index contributed by atoms with van der Waals surface area (Å²) in [5.41, 5.74) is 1.16. The van der Waals surface area contributed by atoms with Gasteiger partial charge in [-0.05, 0) is 6.07 Å². The van der Waals surface area contributed by atoms with Crippen molar-refractivity contribution < 1.29 is 14.6 Å². The lowest BCUT2D eigenvalue weighted by Gasteiger charge is -2.38. The number of aliphatic hydroxyl groups excluding tert-OH is 1. The van der Waals surface area contributed by atoms with Crippen LogP contribution in [0.5, 0.6) is 11.5 Å². The summed E-state index contributed by atoms with van der Waals surface area (Å²) in [7, 11) is 3.32. The molecule has 0 atom stereocenters. The van der Waals surface area contributed by atoms with E-state index in [1.807, 2.05) is 18.2 Å². The van der Waals surface area contributed by atoms with E-state index < -0.39 is 0 Å². The van der Waals surface area contributed by atoms with Crippen molar-refractivity contribution in [2.75, 3.05) is 33.9 Å². The van der Waals surface area contributed by atoms with Crippen molar-refractivity contribution in [1.29, 1.82) is 0 Å². The molecular weight excluding hydrogens is 218 g/mol. The van der Waals surface area contributed by atoms with Crippen LogP contribution in [0.25, 0.3) is 0 Å². The molecule has 1 aromatic rings. The number of methoxy groups -OCH3 is 2. The van der Waals surface area contributed by atoms with Gasteiger partial charge in [-0.2, -0.15) is 0 Å². The molecule has 1 aliphatic rings. The topological polar surface area (TPSA) is 41.9 Å². The van der Waals surface area contributed by atoms with Crippen LogP contribution in [0, 0.1) is 5.92 Å². The minimum absolute atomic E-state index is 0.288. The third kappa shape index (κ3) is 2.70. The summed E-state index contributed by atoms with van der Waals surface area (Å²) in [5, 5.41) is 8.97. The number of nitrogens with zero attached hydrogens (tertiary/aromatic N) is 1. The highest BCUT2D eigenvalue weighted by Crippen LogP contribution is 2.27. The lowest BCUT2D eigenvalue weighted by Crippen LogP contribution is -2.47. The number of likely N-dealkylation sites (tertiary alicyclic amines) is 1. The minimum Gasteiger partial charge on any atom is -0.497 e. The Balaban J connectivity index is 2.01. The summed E-state index contributed by atoms with van der Waals surface area (Å²) >= 11 is 0. The third-order valence-corrected chi connectivity index (χ3v) is 3.18. The van der Waals surface area contributed by atoms with Crippen molar-refractivity contribution in [2.24, 2.45) is 5.92 Å². The Hall–Kier alpha value is -1.26. The number of rotatable bonds is 5. The van der Waals surface area contributed by atoms with Gasteiger partial charge in [0.1, 0.15) is 11.5 Å². The SMILES string of the molecule is COc1ccc(CN2CC(CO)C2)c(OC)c1. The van der Waals surface area contributed by atoms with Gasteiger partial charge in [-0.1, -0.05) is 6.07 Å². The zero-order chi connectivity index (χ0) is 12.3. The molecule has 17 heavy (non-hydrogen) atoms. The van der Waals surface area contributed by atoms with E-state index in [1.165, 1.54) is 0 Å². The fraction of sp³-hybridized carbons (Fsp3) is 0.538.